The molecule has 4 aromatic rings. The van der Waals surface area contributed by atoms with E-state index in [-0.39, 0.29) is 30.1 Å². The molecule has 2 saturated heterocycles. The van der Waals surface area contributed by atoms with Crippen LogP contribution in [0.25, 0.3) is 10.8 Å². The zero-order valence-corrected chi connectivity index (χ0v) is 59.0. The summed E-state index contributed by atoms with van der Waals surface area (Å²) in [6.07, 6.45) is -4.97. The van der Waals surface area contributed by atoms with Crippen LogP contribution in [0.15, 0.2) is 76.6 Å². The number of benzene rings is 2. The number of nitriles is 2. The van der Waals surface area contributed by atoms with Gasteiger partial charge in [0.05, 0.1) is 30.7 Å². The summed E-state index contributed by atoms with van der Waals surface area (Å²) in [7, 11) is -3.96. The maximum Gasteiger partial charge on any atom is 0.359 e. The van der Waals surface area contributed by atoms with Crippen LogP contribution in [0.2, 0.25) is 44.3 Å². The van der Waals surface area contributed by atoms with Crippen LogP contribution in [0.3, 0.4) is 0 Å². The van der Waals surface area contributed by atoms with Crippen LogP contribution in [-0.2, 0) is 44.9 Å². The summed E-state index contributed by atoms with van der Waals surface area (Å²) in [5.74, 6) is -0.964. The number of ketones is 2. The van der Waals surface area contributed by atoms with Gasteiger partial charge in [0.2, 0.25) is 0 Å². The molecule has 2 aliphatic heterocycles. The molecule has 4 N–H and O–H groups in total. The molecular formula is C61H96N6O14SSi4. The number of hydrogen-bond donors (Lipinski definition) is 4. The van der Waals surface area contributed by atoms with E-state index in [1.54, 1.807) is 12.1 Å². The molecule has 0 saturated carbocycles. The fraction of sp³-hybridized carbons (Fsp3) is 0.623. The highest BCUT2D eigenvalue weighted by Crippen LogP contribution is 2.41. The summed E-state index contributed by atoms with van der Waals surface area (Å²) in [6, 6.07) is 19.4. The first-order valence-corrected chi connectivity index (χ1v) is 37.5. The fourth-order valence-corrected chi connectivity index (χ4v) is 30.2. The second-order valence-electron chi connectivity index (χ2n) is 25.0. The predicted molar refractivity (Wildman–Crippen MR) is 347 cm³/mol. The van der Waals surface area contributed by atoms with Crippen molar-refractivity contribution < 1.29 is 57.2 Å². The number of carbonyl (C=O) groups excluding carboxylic acids is 2. The molecule has 2 aromatic heterocycles. The largest absolute Gasteiger partial charge is 0.459 e. The van der Waals surface area contributed by atoms with Crippen LogP contribution in [0.5, 0.6) is 5.75 Å². The van der Waals surface area contributed by atoms with Gasteiger partial charge >= 0.3 is 16.6 Å². The number of hydrogen-bond acceptors (Lipinski definition) is 19. The highest BCUT2D eigenvalue weighted by atomic mass is 32.1. The lowest BCUT2D eigenvalue weighted by molar-refractivity contribution is -0.117. The van der Waals surface area contributed by atoms with E-state index in [9.17, 15) is 39.8 Å². The van der Waals surface area contributed by atoms with Crippen LogP contribution in [0, 0.1) is 28.6 Å². The number of rotatable bonds is 22. The van der Waals surface area contributed by atoms with Gasteiger partial charge < -0.3 is 47.6 Å². The van der Waals surface area contributed by atoms with Crippen molar-refractivity contribution in [2.45, 2.75) is 224 Å². The lowest BCUT2D eigenvalue weighted by atomic mass is 9.95. The molecule has 8 atom stereocenters. The highest BCUT2D eigenvalue weighted by molar-refractivity contribution is 7.79. The number of aliphatic hydroxyl groups excluding tert-OH is 4. The summed E-state index contributed by atoms with van der Waals surface area (Å²) in [5, 5.41) is 59.9. The van der Waals surface area contributed by atoms with Crippen molar-refractivity contribution in [1.29, 1.82) is 10.5 Å². The summed E-state index contributed by atoms with van der Waals surface area (Å²) >= 11 is 5.20. The molecule has 476 valence electrons. The Hall–Kier alpha value is -4.98. The normalized spacial score (nSPS) is 21.1. The lowest BCUT2D eigenvalue weighted by Crippen LogP contribution is -2.51. The third-order valence-corrected chi connectivity index (χ3v) is 30.4. The SMILES string of the molecule is CC(=O)Cc1ccn([C@@H]2O[C@H](CO)[C@@H](O)C2(C#N)OC(=S)Oc2ccc3ccccc3c2)c(=O)n1.CC(=O)Cc1ccn([C@@H]2O[C@H](CO)[C@@H](O)[C@@H]2C#N)c(=O)n1.CC(C)[SiH](O[SiH](C(C)C)C(C)C)C(C)C.CC(C)[SiH](O[SiH](C(C)C)C(C)C)C(C)C. The number of Topliss-reactive ketones (excluding diaryl/α,β-unsaturated/α-hetero) is 2. The molecule has 20 nitrogen and oxygen atoms in total. The quantitative estimate of drug-likeness (QED) is 0.0424. The Morgan fingerprint density at radius 1 is 0.640 bits per heavy atom. The number of aliphatic hydroxyl groups is 4. The van der Waals surface area contributed by atoms with Crippen molar-refractivity contribution >= 4 is 76.0 Å². The van der Waals surface area contributed by atoms with E-state index in [2.05, 4.69) is 121 Å². The second-order valence-corrected chi connectivity index (χ2v) is 41.9. The maximum atomic E-state index is 12.7. The van der Waals surface area contributed by atoms with Crippen molar-refractivity contribution in [2.24, 2.45) is 5.92 Å². The Kier molecular flexibility index (Phi) is 30.9. The van der Waals surface area contributed by atoms with Crippen molar-refractivity contribution in [2.75, 3.05) is 13.2 Å². The Labute approximate surface area is 520 Å². The Bertz CT molecular complexity index is 2920. The molecule has 0 amide bonds. The molecule has 2 aromatic carbocycles. The minimum atomic E-state index is -2.24. The predicted octanol–water partition coefficient (Wildman–Crippen LogP) is 8.37. The average Bonchev–Trinajstić information content (AvgIpc) is 1.86. The van der Waals surface area contributed by atoms with E-state index in [4.69, 9.17) is 49.8 Å². The van der Waals surface area contributed by atoms with E-state index in [0.717, 1.165) is 64.2 Å². The standard InChI is InChI=1S/C24H21N3O7S.C13H15N3O5.2C12H30OSi2/c1-14(29)10-17-8-9-27(22(31)26-17)21-24(13-25,20(30)19(12-28)33-21)34-23(35)32-18-7-6-15-4-2-3-5-16(15)11-18;1-7(18)4-8-2-3-16(13(20)15-8)12-9(5-14)11(19)10(6-17)21-12;2*1-9(2)14(10(3)4)13-15(11(5)6)12(7)8/h2-9,11,19-21,28,30H,10,12H2,1H3;2-3,9-12,17,19H,4,6H2,1H3;2*9-12,14-15H,1-8H3/t19-,20-,21-,24?;9-,10+,11-,12+;;/m10../s1. The molecule has 2 aliphatic rings. The Balaban J connectivity index is 0.000000325. The number of ether oxygens (including phenoxy) is 4. The fourth-order valence-electron chi connectivity index (χ4n) is 10.9. The third kappa shape index (κ3) is 21.1. The van der Waals surface area contributed by atoms with Gasteiger partial charge in [0.1, 0.15) is 53.7 Å². The third-order valence-electron chi connectivity index (χ3n) is 14.7. The molecule has 25 heteroatoms. The highest BCUT2D eigenvalue weighted by Gasteiger charge is 2.61. The molecule has 6 rings (SSSR count). The smallest absolute Gasteiger partial charge is 0.359 e. The van der Waals surface area contributed by atoms with Crippen LogP contribution in [-0.4, -0.2) is 136 Å². The molecule has 0 radical (unpaired) electrons. The van der Waals surface area contributed by atoms with Crippen LogP contribution in [0.1, 0.15) is 148 Å². The van der Waals surface area contributed by atoms with Crippen molar-refractivity contribution in [3.05, 3.63) is 99.3 Å². The van der Waals surface area contributed by atoms with Gasteiger partial charge in [-0.05, 0) is 93.2 Å². The second kappa shape index (κ2) is 35.3. The molecular weight excluding hydrogens is 1190 g/mol. The van der Waals surface area contributed by atoms with E-state index >= 15 is 0 Å². The van der Waals surface area contributed by atoms with Gasteiger partial charge in [-0.25, -0.2) is 9.59 Å². The van der Waals surface area contributed by atoms with E-state index < -0.39 is 114 Å². The molecule has 4 heterocycles. The zero-order chi connectivity index (χ0) is 65.1. The zero-order valence-electron chi connectivity index (χ0n) is 53.6. The topological polar surface area (TPSA) is 288 Å². The first-order chi connectivity index (χ1) is 40.3. The van der Waals surface area contributed by atoms with Crippen molar-refractivity contribution in [1.82, 2.24) is 19.1 Å². The number of thiocarbonyl (C=S) groups is 1. The first-order valence-electron chi connectivity index (χ1n) is 29.8. The Morgan fingerprint density at radius 2 is 1.06 bits per heavy atom. The molecule has 0 spiro atoms. The van der Waals surface area contributed by atoms with E-state index in [0.29, 0.717) is 11.4 Å². The van der Waals surface area contributed by atoms with Gasteiger partial charge in [-0.3, -0.25) is 18.7 Å². The average molecular weight is 1280 g/mol. The first kappa shape index (κ1) is 75.3. The van der Waals surface area contributed by atoms with E-state index in [1.165, 1.54) is 38.4 Å². The van der Waals surface area contributed by atoms with Gasteiger partial charge in [-0.2, -0.15) is 20.5 Å². The molecule has 86 heavy (non-hydrogen) atoms. The van der Waals surface area contributed by atoms with Crippen LogP contribution < -0.4 is 16.1 Å². The number of aromatic nitrogens is 4. The summed E-state index contributed by atoms with van der Waals surface area (Å²) in [6.45, 7) is 39.0. The number of fused-ring (bicyclic) bond motifs is 1. The van der Waals surface area contributed by atoms with Crippen LogP contribution >= 0.6 is 12.2 Å². The summed E-state index contributed by atoms with van der Waals surface area (Å²) < 4.78 is 37.4. The maximum absolute atomic E-state index is 12.7. The van der Waals surface area contributed by atoms with Gasteiger partial charge in [0, 0.05) is 37.5 Å². The van der Waals surface area contributed by atoms with Crippen molar-refractivity contribution in [3.8, 4) is 17.9 Å². The van der Waals surface area contributed by atoms with Gasteiger partial charge in [-0.15, -0.1) is 0 Å². The lowest BCUT2D eigenvalue weighted by Gasteiger charge is -2.32. The minimum absolute atomic E-state index is 0.0468. The van der Waals surface area contributed by atoms with Gasteiger partial charge in [-0.1, -0.05) is 141 Å². The molecule has 2 fully saturated rings. The molecule has 0 bridgehead atoms. The minimum Gasteiger partial charge on any atom is -0.459 e. The van der Waals surface area contributed by atoms with Gasteiger partial charge in [0.15, 0.2) is 48.6 Å². The molecule has 0 aliphatic carbocycles. The number of nitrogens with zero attached hydrogens (tertiary/aromatic N) is 6. The summed E-state index contributed by atoms with van der Waals surface area (Å²) in [5.41, 5.74) is 3.00. The molecule has 1 unspecified atom stereocenters. The van der Waals surface area contributed by atoms with Crippen LogP contribution in [0.4, 0.5) is 0 Å². The Morgan fingerprint density at radius 3 is 1.43 bits per heavy atom. The van der Waals surface area contributed by atoms with Crippen molar-refractivity contribution in [3.63, 3.8) is 0 Å². The summed E-state index contributed by atoms with van der Waals surface area (Å²) in [4.78, 5) is 54.6. The van der Waals surface area contributed by atoms with Gasteiger partial charge in [0.25, 0.3) is 5.60 Å². The van der Waals surface area contributed by atoms with E-state index in [1.807, 2.05) is 42.5 Å². The number of carbonyl (C=O) groups is 2. The monoisotopic (exact) mass is 1280 g/mol.